The fourth-order valence-electron chi connectivity index (χ4n) is 0.944. The van der Waals surface area contributed by atoms with Crippen molar-refractivity contribution in [2.24, 2.45) is 0 Å². The predicted molar refractivity (Wildman–Crippen MR) is 65.9 cm³/mol. The van der Waals surface area contributed by atoms with Crippen molar-refractivity contribution in [2.45, 2.75) is 11.3 Å². The lowest BCUT2D eigenvalue weighted by Crippen LogP contribution is -2.04. The summed E-state index contributed by atoms with van der Waals surface area (Å²) in [6.45, 7) is 3.58. The Balaban J connectivity index is 2.43. The van der Waals surface area contributed by atoms with E-state index < -0.39 is 0 Å². The number of rotatable bonds is 5. The molecule has 0 bridgehead atoms. The van der Waals surface area contributed by atoms with E-state index in [9.17, 15) is 4.79 Å². The molecule has 0 aliphatic carbocycles. The largest absolute Gasteiger partial charge is 0.423 e. The average molecular weight is 279 g/mol. The van der Waals surface area contributed by atoms with Gasteiger partial charge in [0.25, 0.3) is 0 Å². The van der Waals surface area contributed by atoms with Crippen LogP contribution in [0.4, 0.5) is 0 Å². The molecule has 1 heterocycles. The summed E-state index contributed by atoms with van der Waals surface area (Å²) in [4.78, 5) is 15.7. The molecule has 0 saturated heterocycles. The van der Waals surface area contributed by atoms with Gasteiger partial charge < -0.3 is 4.74 Å². The molecule has 0 saturated carbocycles. The summed E-state index contributed by atoms with van der Waals surface area (Å²) in [6, 6.07) is 1.76. The lowest BCUT2D eigenvalue weighted by atomic mass is 10.5. The van der Waals surface area contributed by atoms with Crippen molar-refractivity contribution in [2.75, 3.05) is 12.4 Å². The first-order valence-corrected chi connectivity index (χ1v) is 6.27. The first-order valence-electron chi connectivity index (χ1n) is 4.53. The van der Waals surface area contributed by atoms with E-state index in [1.807, 2.05) is 0 Å². The Bertz CT molecular complexity index is 374. The van der Waals surface area contributed by atoms with E-state index in [2.05, 4.69) is 11.9 Å². The van der Waals surface area contributed by atoms with E-state index >= 15 is 0 Å². The van der Waals surface area contributed by atoms with Crippen molar-refractivity contribution in [1.29, 1.82) is 0 Å². The molecule has 0 unspecified atom stereocenters. The highest BCUT2D eigenvalue weighted by Crippen LogP contribution is 2.31. The lowest BCUT2D eigenvalue weighted by molar-refractivity contribution is -0.141. The molecule has 0 fully saturated rings. The molecule has 16 heavy (non-hydrogen) atoms. The molecule has 1 rings (SSSR count). The molecule has 0 aromatic carbocycles. The zero-order valence-corrected chi connectivity index (χ0v) is 10.7. The minimum atomic E-state index is -0.265. The Hall–Kier alpha value is -0.580. The average Bonchev–Trinajstić information content (AvgIpc) is 2.25. The maximum absolute atomic E-state index is 11.0. The summed E-state index contributed by atoms with van der Waals surface area (Å²) in [5, 5.41) is 0.687. The number of halogens is 2. The fraction of sp³-hybridized carbons (Fsp3) is 0.300. The molecule has 86 valence electrons. The molecular weight excluding hydrogens is 269 g/mol. The zero-order chi connectivity index (χ0) is 12.0. The quantitative estimate of drug-likeness (QED) is 0.359. The van der Waals surface area contributed by atoms with Crippen molar-refractivity contribution in [3.8, 4) is 0 Å². The lowest BCUT2D eigenvalue weighted by Gasteiger charge is -2.03. The van der Waals surface area contributed by atoms with E-state index in [1.165, 1.54) is 11.8 Å². The summed E-state index contributed by atoms with van der Waals surface area (Å²) in [7, 11) is 0. The number of carbonyl (C=O) groups excluding carboxylic acids is 1. The maximum Gasteiger partial charge on any atom is 0.310 e. The third-order valence-corrected chi connectivity index (χ3v) is 3.58. The monoisotopic (exact) mass is 278 g/mol. The van der Waals surface area contributed by atoms with Crippen LogP contribution in [0.15, 0.2) is 17.2 Å². The van der Waals surface area contributed by atoms with Crippen LogP contribution < -0.4 is 0 Å². The Labute approximate surface area is 108 Å². The summed E-state index contributed by atoms with van der Waals surface area (Å²) >= 11 is 13.1. The molecule has 0 aliphatic rings. The molecule has 0 aliphatic heterocycles. The van der Waals surface area contributed by atoms with Gasteiger partial charge in [-0.2, -0.15) is 0 Å². The third-order valence-electron chi connectivity index (χ3n) is 1.64. The normalized spacial score (nSPS) is 10.1. The second kappa shape index (κ2) is 6.89. The van der Waals surface area contributed by atoms with Gasteiger partial charge in [0.2, 0.25) is 6.61 Å². The number of ether oxygens (including phenoxy) is 1. The van der Waals surface area contributed by atoms with E-state index in [0.717, 1.165) is 4.90 Å². The number of aromatic nitrogens is 1. The van der Waals surface area contributed by atoms with Crippen molar-refractivity contribution in [1.82, 2.24) is 4.98 Å². The van der Waals surface area contributed by atoms with Gasteiger partial charge in [-0.25, -0.2) is 4.98 Å². The van der Waals surface area contributed by atoms with Gasteiger partial charge in [0.15, 0.2) is 0 Å². The van der Waals surface area contributed by atoms with E-state index in [4.69, 9.17) is 27.9 Å². The zero-order valence-electron chi connectivity index (χ0n) is 8.41. The number of nitrogens with zero attached hydrogens (tertiary/aromatic N) is 1. The molecule has 0 spiro atoms. The number of hydrogen-bond donors (Lipinski definition) is 0. The second-order valence-corrected chi connectivity index (χ2v) is 4.61. The first-order chi connectivity index (χ1) is 7.65. The highest BCUT2D eigenvalue weighted by molar-refractivity contribution is 7.99. The van der Waals surface area contributed by atoms with E-state index in [1.54, 1.807) is 12.3 Å². The molecule has 1 aromatic heterocycles. The van der Waals surface area contributed by atoms with Crippen LogP contribution in [0.25, 0.3) is 0 Å². The Kier molecular flexibility index (Phi) is 5.80. The number of thioether (sulfide) groups is 1. The molecule has 3 nitrogen and oxygen atoms in total. The summed E-state index contributed by atoms with van der Waals surface area (Å²) in [5.41, 5.74) is 0. The van der Waals surface area contributed by atoms with Crippen molar-refractivity contribution < 1.29 is 9.53 Å². The third kappa shape index (κ3) is 4.12. The second-order valence-electron chi connectivity index (χ2n) is 2.73. The topological polar surface area (TPSA) is 39.2 Å². The van der Waals surface area contributed by atoms with Crippen molar-refractivity contribution in [3.05, 3.63) is 29.4 Å². The summed E-state index contributed by atoms with van der Waals surface area (Å²) < 4.78 is 4.70. The highest BCUT2D eigenvalue weighted by atomic mass is 35.5. The van der Waals surface area contributed by atoms with Gasteiger partial charge in [-0.1, -0.05) is 23.2 Å². The van der Waals surface area contributed by atoms with Crippen LogP contribution >= 0.6 is 35.0 Å². The molecular formula is C10H10Cl2NO2S+. The minimum absolute atomic E-state index is 0.158. The van der Waals surface area contributed by atoms with Gasteiger partial charge in [0.05, 0.1) is 11.4 Å². The van der Waals surface area contributed by atoms with Crippen molar-refractivity contribution in [3.63, 3.8) is 0 Å². The first kappa shape index (κ1) is 13.5. The Morgan fingerprint density at radius 3 is 3.00 bits per heavy atom. The van der Waals surface area contributed by atoms with E-state index in [-0.39, 0.29) is 17.7 Å². The van der Waals surface area contributed by atoms with Gasteiger partial charge in [-0.3, -0.25) is 4.79 Å². The number of hydrogen-bond acceptors (Lipinski definition) is 4. The molecule has 0 N–H and O–H groups in total. The van der Waals surface area contributed by atoms with Gasteiger partial charge >= 0.3 is 5.97 Å². The van der Waals surface area contributed by atoms with Crippen LogP contribution in [0.2, 0.25) is 10.2 Å². The molecule has 6 heteroatoms. The van der Waals surface area contributed by atoms with Crippen LogP contribution in [0.1, 0.15) is 6.42 Å². The highest BCUT2D eigenvalue weighted by Gasteiger charge is 2.08. The van der Waals surface area contributed by atoms with Crippen LogP contribution in [-0.2, 0) is 9.53 Å². The molecule has 1 aromatic rings. The predicted octanol–water partition coefficient (Wildman–Crippen LogP) is 3.25. The Morgan fingerprint density at radius 2 is 2.31 bits per heavy atom. The van der Waals surface area contributed by atoms with Crippen LogP contribution in [0, 0.1) is 6.92 Å². The number of esters is 1. The minimum Gasteiger partial charge on any atom is -0.423 e. The molecule has 0 amide bonds. The van der Waals surface area contributed by atoms with Crippen molar-refractivity contribution >= 4 is 40.9 Å². The van der Waals surface area contributed by atoms with Crippen LogP contribution in [0.5, 0.6) is 0 Å². The fourth-order valence-corrected chi connectivity index (χ4v) is 2.30. The SMILES string of the molecule is [CH2+]COC(=O)CCSc1ccnc(Cl)c1Cl. The van der Waals surface area contributed by atoms with Gasteiger partial charge in [-0.15, -0.1) is 11.8 Å². The standard InChI is InChI=1S/C10H10Cl2NO2S/c1-2-15-8(14)4-6-16-7-3-5-13-10(12)9(7)11/h3,5H,1-2,4,6H2/q+1. The van der Waals surface area contributed by atoms with Gasteiger partial charge in [0.1, 0.15) is 12.1 Å². The summed E-state index contributed by atoms with van der Waals surface area (Å²) in [5.74, 6) is 0.317. The van der Waals surface area contributed by atoms with Gasteiger partial charge in [0, 0.05) is 16.8 Å². The number of pyridine rings is 1. The number of carbonyl (C=O) groups is 1. The maximum atomic E-state index is 11.0. The molecule has 0 radical (unpaired) electrons. The van der Waals surface area contributed by atoms with Crippen LogP contribution in [0.3, 0.4) is 0 Å². The summed E-state index contributed by atoms with van der Waals surface area (Å²) in [6.07, 6.45) is 1.89. The molecule has 0 atom stereocenters. The van der Waals surface area contributed by atoms with E-state index in [0.29, 0.717) is 17.2 Å². The smallest absolute Gasteiger partial charge is 0.310 e. The Morgan fingerprint density at radius 1 is 1.56 bits per heavy atom. The van der Waals surface area contributed by atoms with Gasteiger partial charge in [-0.05, 0) is 6.07 Å². The van der Waals surface area contributed by atoms with Crippen LogP contribution in [-0.4, -0.2) is 23.3 Å².